The Morgan fingerprint density at radius 1 is 1.05 bits per heavy atom. The lowest BCUT2D eigenvalue weighted by Gasteiger charge is -2.29. The topological polar surface area (TPSA) is 44.0 Å². The van der Waals surface area contributed by atoms with E-state index in [0.717, 1.165) is 16.3 Å². The maximum atomic E-state index is 10.3. The first-order valence-electron chi connectivity index (χ1n) is 6.50. The van der Waals surface area contributed by atoms with Crippen LogP contribution in [0.25, 0.3) is 10.8 Å². The summed E-state index contributed by atoms with van der Waals surface area (Å²) in [5.74, 6) is -0.496. The van der Waals surface area contributed by atoms with Crippen molar-refractivity contribution in [1.82, 2.24) is 0 Å². The molecule has 0 saturated heterocycles. The van der Waals surface area contributed by atoms with Gasteiger partial charge in [0.25, 0.3) is 0 Å². The average Bonchev–Trinajstić information content (AvgIpc) is 2.38. The van der Waals surface area contributed by atoms with E-state index >= 15 is 0 Å². The Bertz CT molecular complexity index is 619. The number of rotatable bonds is 2. The average molecular weight is 253 g/mol. The summed E-state index contributed by atoms with van der Waals surface area (Å²) >= 11 is 0. The van der Waals surface area contributed by atoms with Gasteiger partial charge in [0.15, 0.2) is 0 Å². The quantitative estimate of drug-likeness (QED) is 0.883. The molecule has 2 aromatic carbocycles. The minimum atomic E-state index is -0.682. The van der Waals surface area contributed by atoms with Crippen molar-refractivity contribution in [3.8, 4) is 6.07 Å². The monoisotopic (exact) mass is 253 g/mol. The molecule has 2 aromatic rings. The van der Waals surface area contributed by atoms with Gasteiger partial charge in [0.1, 0.15) is 0 Å². The highest BCUT2D eigenvalue weighted by Gasteiger charge is 2.31. The summed E-state index contributed by atoms with van der Waals surface area (Å²) in [6, 6.07) is 16.2. The SMILES string of the molecule is CC(C)(C)[C@@H](O)[C@H](C#N)c1ccc2ccccc2c1. The van der Waals surface area contributed by atoms with Crippen molar-refractivity contribution >= 4 is 10.8 Å². The van der Waals surface area contributed by atoms with Gasteiger partial charge < -0.3 is 5.11 Å². The summed E-state index contributed by atoms with van der Waals surface area (Å²) in [6.45, 7) is 5.84. The summed E-state index contributed by atoms with van der Waals surface area (Å²) in [7, 11) is 0. The van der Waals surface area contributed by atoms with Crippen LogP contribution >= 0.6 is 0 Å². The molecule has 98 valence electrons. The zero-order valence-electron chi connectivity index (χ0n) is 11.6. The van der Waals surface area contributed by atoms with Crippen molar-refractivity contribution in [2.75, 3.05) is 0 Å². The molecular formula is C17H19NO. The minimum Gasteiger partial charge on any atom is -0.391 e. The van der Waals surface area contributed by atoms with Crippen LogP contribution in [0, 0.1) is 16.7 Å². The normalized spacial score (nSPS) is 14.9. The second kappa shape index (κ2) is 5.03. The van der Waals surface area contributed by atoms with Gasteiger partial charge in [0, 0.05) is 0 Å². The van der Waals surface area contributed by atoms with E-state index in [4.69, 9.17) is 0 Å². The fourth-order valence-corrected chi connectivity index (χ4v) is 2.23. The summed E-state index contributed by atoms with van der Waals surface area (Å²) in [5.41, 5.74) is 0.565. The van der Waals surface area contributed by atoms with Gasteiger partial charge in [0.05, 0.1) is 18.1 Å². The number of nitrogens with zero attached hydrogens (tertiary/aromatic N) is 1. The Hall–Kier alpha value is -1.85. The second-order valence-corrected chi connectivity index (χ2v) is 6.02. The fraction of sp³-hybridized carbons (Fsp3) is 0.353. The zero-order valence-corrected chi connectivity index (χ0v) is 11.6. The molecule has 2 nitrogen and oxygen atoms in total. The molecule has 1 N–H and O–H groups in total. The van der Waals surface area contributed by atoms with Gasteiger partial charge in [-0.25, -0.2) is 0 Å². The largest absolute Gasteiger partial charge is 0.391 e. The van der Waals surface area contributed by atoms with Crippen LogP contribution in [0.4, 0.5) is 0 Å². The molecule has 0 bridgehead atoms. The Balaban J connectivity index is 2.45. The van der Waals surface area contributed by atoms with E-state index in [1.807, 2.05) is 63.2 Å². The van der Waals surface area contributed by atoms with Crippen molar-refractivity contribution in [2.45, 2.75) is 32.8 Å². The number of hydrogen-bond donors (Lipinski definition) is 1. The van der Waals surface area contributed by atoms with Gasteiger partial charge in [-0.3, -0.25) is 0 Å². The van der Waals surface area contributed by atoms with Gasteiger partial charge >= 0.3 is 0 Å². The van der Waals surface area contributed by atoms with Crippen LogP contribution in [0.5, 0.6) is 0 Å². The van der Waals surface area contributed by atoms with Crippen LogP contribution in [-0.4, -0.2) is 11.2 Å². The van der Waals surface area contributed by atoms with Crippen molar-refractivity contribution in [2.24, 2.45) is 5.41 Å². The first-order valence-corrected chi connectivity index (χ1v) is 6.50. The Kier molecular flexibility index (Phi) is 3.59. The highest BCUT2D eigenvalue weighted by atomic mass is 16.3. The molecule has 19 heavy (non-hydrogen) atoms. The smallest absolute Gasteiger partial charge is 0.0977 e. The molecule has 2 rings (SSSR count). The maximum absolute atomic E-state index is 10.3. The molecule has 0 aliphatic carbocycles. The number of aliphatic hydroxyl groups is 1. The molecule has 0 unspecified atom stereocenters. The molecule has 2 heteroatoms. The van der Waals surface area contributed by atoms with Gasteiger partial charge in [-0.1, -0.05) is 57.2 Å². The second-order valence-electron chi connectivity index (χ2n) is 6.02. The summed E-state index contributed by atoms with van der Waals surface area (Å²) in [6.07, 6.45) is -0.682. The third-order valence-corrected chi connectivity index (χ3v) is 3.47. The first-order chi connectivity index (χ1) is 8.93. The molecule has 0 aromatic heterocycles. The number of benzene rings is 2. The van der Waals surface area contributed by atoms with Crippen molar-refractivity contribution < 1.29 is 5.11 Å². The third kappa shape index (κ3) is 2.77. The molecule has 0 aliphatic rings. The van der Waals surface area contributed by atoms with Crippen LogP contribution in [0.3, 0.4) is 0 Å². The predicted octanol–water partition coefficient (Wildman–Crippen LogP) is 3.85. The van der Waals surface area contributed by atoms with Gasteiger partial charge in [-0.15, -0.1) is 0 Å². The van der Waals surface area contributed by atoms with E-state index in [9.17, 15) is 10.4 Å². The number of hydrogen-bond acceptors (Lipinski definition) is 2. The van der Waals surface area contributed by atoms with E-state index < -0.39 is 12.0 Å². The lowest BCUT2D eigenvalue weighted by atomic mass is 9.78. The van der Waals surface area contributed by atoms with Crippen LogP contribution in [0.2, 0.25) is 0 Å². The standard InChI is InChI=1S/C17H19NO/c1-17(2,3)16(19)15(11-18)14-9-8-12-6-4-5-7-13(12)10-14/h4-10,15-16,19H,1-3H3/t15-,16+/m1/s1. The Morgan fingerprint density at radius 2 is 1.68 bits per heavy atom. The highest BCUT2D eigenvalue weighted by Crippen LogP contribution is 2.32. The molecule has 0 spiro atoms. The third-order valence-electron chi connectivity index (χ3n) is 3.47. The van der Waals surface area contributed by atoms with Gasteiger partial charge in [0.2, 0.25) is 0 Å². The van der Waals surface area contributed by atoms with Crippen molar-refractivity contribution in [1.29, 1.82) is 5.26 Å². The van der Waals surface area contributed by atoms with Crippen molar-refractivity contribution in [3.05, 3.63) is 48.0 Å². The van der Waals surface area contributed by atoms with E-state index in [1.54, 1.807) is 0 Å². The number of aliphatic hydroxyl groups excluding tert-OH is 1. The fourth-order valence-electron chi connectivity index (χ4n) is 2.23. The first kappa shape index (κ1) is 13.6. The lowest BCUT2D eigenvalue weighted by Crippen LogP contribution is -2.31. The van der Waals surface area contributed by atoms with Crippen molar-refractivity contribution in [3.63, 3.8) is 0 Å². The molecule has 0 amide bonds. The Morgan fingerprint density at radius 3 is 2.26 bits per heavy atom. The molecule has 0 fully saturated rings. The molecule has 0 aliphatic heterocycles. The van der Waals surface area contributed by atoms with E-state index in [2.05, 4.69) is 6.07 Å². The van der Waals surface area contributed by atoms with E-state index in [0.29, 0.717) is 0 Å². The van der Waals surface area contributed by atoms with Crippen LogP contribution in [-0.2, 0) is 0 Å². The molecular weight excluding hydrogens is 234 g/mol. The van der Waals surface area contributed by atoms with E-state index in [1.165, 1.54) is 0 Å². The summed E-state index contributed by atoms with van der Waals surface area (Å²) in [4.78, 5) is 0. The van der Waals surface area contributed by atoms with Crippen LogP contribution in [0.1, 0.15) is 32.3 Å². The number of nitriles is 1. The predicted molar refractivity (Wildman–Crippen MR) is 77.8 cm³/mol. The molecule has 2 atom stereocenters. The summed E-state index contributed by atoms with van der Waals surface area (Å²) < 4.78 is 0. The molecule has 0 radical (unpaired) electrons. The lowest BCUT2D eigenvalue weighted by molar-refractivity contribution is 0.0527. The zero-order chi connectivity index (χ0) is 14.0. The van der Waals surface area contributed by atoms with E-state index in [-0.39, 0.29) is 5.41 Å². The Labute approximate surface area is 114 Å². The highest BCUT2D eigenvalue weighted by molar-refractivity contribution is 5.83. The maximum Gasteiger partial charge on any atom is 0.0977 e. The van der Waals surface area contributed by atoms with Gasteiger partial charge in [-0.05, 0) is 27.8 Å². The van der Waals surface area contributed by atoms with Crippen LogP contribution < -0.4 is 0 Å². The van der Waals surface area contributed by atoms with Gasteiger partial charge in [-0.2, -0.15) is 5.26 Å². The number of fused-ring (bicyclic) bond motifs is 1. The summed E-state index contributed by atoms with van der Waals surface area (Å²) in [5, 5.41) is 22.0. The van der Waals surface area contributed by atoms with Crippen LogP contribution in [0.15, 0.2) is 42.5 Å². The minimum absolute atomic E-state index is 0.313. The molecule has 0 heterocycles. The molecule has 0 saturated carbocycles.